The lowest BCUT2D eigenvalue weighted by Gasteiger charge is -2.42. The topological polar surface area (TPSA) is 94.2 Å². The number of likely N-dealkylation sites (N-methyl/N-ethyl adjacent to an activating group) is 1. The number of carbonyl (C=O) groups is 3. The van der Waals surface area contributed by atoms with E-state index in [9.17, 15) is 14.4 Å². The van der Waals surface area contributed by atoms with Gasteiger partial charge < -0.3 is 20.3 Å². The SMILES string of the molecule is CCOC(=O)C1=C(CN2CCN(C(=O)NC(C)C)[C@H](C)C2)N(C)C(=O)N[C@H]1c1ccc(Cl)cc1Cl. The summed E-state index contributed by atoms with van der Waals surface area (Å²) >= 11 is 12.5. The van der Waals surface area contributed by atoms with Crippen molar-refractivity contribution in [2.75, 3.05) is 39.8 Å². The minimum absolute atomic E-state index is 0.0432. The molecule has 1 aromatic carbocycles. The number of hydrogen-bond acceptors (Lipinski definition) is 5. The third-order valence-electron chi connectivity index (χ3n) is 6.10. The highest BCUT2D eigenvalue weighted by atomic mass is 35.5. The van der Waals surface area contributed by atoms with Crippen LogP contribution in [0.5, 0.6) is 0 Å². The van der Waals surface area contributed by atoms with E-state index < -0.39 is 12.0 Å². The summed E-state index contributed by atoms with van der Waals surface area (Å²) in [5.74, 6) is -0.520. The molecule has 2 N–H and O–H groups in total. The van der Waals surface area contributed by atoms with E-state index >= 15 is 0 Å². The highest BCUT2D eigenvalue weighted by Crippen LogP contribution is 2.36. The lowest BCUT2D eigenvalue weighted by Crippen LogP contribution is -2.58. The summed E-state index contributed by atoms with van der Waals surface area (Å²) in [6.07, 6.45) is 0. The Morgan fingerprint density at radius 3 is 2.57 bits per heavy atom. The molecule has 2 atom stereocenters. The molecule has 1 aromatic rings. The smallest absolute Gasteiger partial charge is 0.338 e. The van der Waals surface area contributed by atoms with E-state index in [4.69, 9.17) is 27.9 Å². The number of ether oxygens (including phenoxy) is 1. The third-order valence-corrected chi connectivity index (χ3v) is 6.67. The number of hydrogen-bond donors (Lipinski definition) is 2. The molecule has 2 aliphatic rings. The molecule has 0 aliphatic carbocycles. The van der Waals surface area contributed by atoms with Gasteiger partial charge >= 0.3 is 18.0 Å². The average molecular weight is 526 g/mol. The number of benzene rings is 1. The zero-order valence-electron chi connectivity index (χ0n) is 20.7. The van der Waals surface area contributed by atoms with Crippen LogP contribution in [-0.4, -0.2) is 84.6 Å². The van der Waals surface area contributed by atoms with E-state index in [2.05, 4.69) is 15.5 Å². The highest BCUT2D eigenvalue weighted by Gasteiger charge is 2.39. The van der Waals surface area contributed by atoms with Gasteiger partial charge in [0.1, 0.15) is 0 Å². The Hall–Kier alpha value is -2.49. The first-order valence-corrected chi connectivity index (χ1v) is 12.5. The second-order valence-corrected chi connectivity index (χ2v) is 9.91. The van der Waals surface area contributed by atoms with Crippen LogP contribution in [0.4, 0.5) is 9.59 Å². The van der Waals surface area contributed by atoms with Gasteiger partial charge in [0.05, 0.1) is 18.2 Å². The number of esters is 1. The van der Waals surface area contributed by atoms with Crippen molar-refractivity contribution < 1.29 is 19.1 Å². The lowest BCUT2D eigenvalue weighted by atomic mass is 9.94. The Morgan fingerprint density at radius 2 is 1.97 bits per heavy atom. The predicted molar refractivity (Wildman–Crippen MR) is 135 cm³/mol. The maximum absolute atomic E-state index is 13.2. The Labute approximate surface area is 216 Å². The van der Waals surface area contributed by atoms with E-state index in [1.807, 2.05) is 25.7 Å². The number of rotatable bonds is 6. The van der Waals surface area contributed by atoms with Gasteiger partial charge in [0.2, 0.25) is 0 Å². The molecule has 1 saturated heterocycles. The normalized spacial score (nSPS) is 21.3. The molecule has 11 heteroatoms. The van der Waals surface area contributed by atoms with Gasteiger partial charge in [-0.25, -0.2) is 14.4 Å². The van der Waals surface area contributed by atoms with Crippen molar-refractivity contribution in [3.8, 4) is 0 Å². The molecular formula is C24H33Cl2N5O4. The molecule has 0 radical (unpaired) electrons. The summed E-state index contributed by atoms with van der Waals surface area (Å²) in [6, 6.07) is 3.72. The fourth-order valence-electron chi connectivity index (χ4n) is 4.39. The first-order valence-electron chi connectivity index (χ1n) is 11.7. The number of nitrogens with zero attached hydrogens (tertiary/aromatic N) is 3. The average Bonchev–Trinajstić information content (AvgIpc) is 2.76. The van der Waals surface area contributed by atoms with Crippen molar-refractivity contribution in [3.05, 3.63) is 45.1 Å². The monoisotopic (exact) mass is 525 g/mol. The molecule has 0 unspecified atom stereocenters. The van der Waals surface area contributed by atoms with Gasteiger partial charge in [0.25, 0.3) is 0 Å². The van der Waals surface area contributed by atoms with Crippen molar-refractivity contribution in [2.24, 2.45) is 0 Å². The molecule has 3 rings (SSSR count). The molecule has 4 amide bonds. The Balaban J connectivity index is 1.93. The standard InChI is InChI=1S/C24H33Cl2N5O4/c1-6-35-22(32)20-19(13-30-9-10-31(15(4)12-30)24(34)27-14(2)3)29(5)23(33)28-21(20)17-8-7-16(25)11-18(17)26/h7-8,11,14-15,21H,6,9-10,12-13H2,1-5H3,(H,27,34)(H,28,33)/t15-,21+/m1/s1. The molecule has 192 valence electrons. The van der Waals surface area contributed by atoms with Gasteiger partial charge in [0.15, 0.2) is 0 Å². The second kappa shape index (κ2) is 11.5. The Kier molecular flexibility index (Phi) is 8.90. The molecule has 1 fully saturated rings. The quantitative estimate of drug-likeness (QED) is 0.553. The molecule has 0 aromatic heterocycles. The zero-order chi connectivity index (χ0) is 25.9. The summed E-state index contributed by atoms with van der Waals surface area (Å²) in [7, 11) is 1.62. The maximum Gasteiger partial charge on any atom is 0.338 e. The second-order valence-electron chi connectivity index (χ2n) is 9.07. The zero-order valence-corrected chi connectivity index (χ0v) is 22.2. The van der Waals surface area contributed by atoms with Gasteiger partial charge in [-0.1, -0.05) is 29.3 Å². The van der Waals surface area contributed by atoms with Crippen LogP contribution < -0.4 is 10.6 Å². The van der Waals surface area contributed by atoms with Crippen LogP contribution in [0.15, 0.2) is 29.5 Å². The van der Waals surface area contributed by atoms with Crippen LogP contribution in [0, 0.1) is 0 Å². The largest absolute Gasteiger partial charge is 0.463 e. The lowest BCUT2D eigenvalue weighted by molar-refractivity contribution is -0.139. The number of piperazine rings is 1. The summed E-state index contributed by atoms with van der Waals surface area (Å²) < 4.78 is 5.38. The molecule has 2 heterocycles. The van der Waals surface area contributed by atoms with Gasteiger partial charge in [0, 0.05) is 61.1 Å². The van der Waals surface area contributed by atoms with E-state index in [1.165, 1.54) is 4.90 Å². The van der Waals surface area contributed by atoms with Crippen molar-refractivity contribution in [1.82, 2.24) is 25.3 Å². The summed E-state index contributed by atoms with van der Waals surface area (Å²) in [5.41, 5.74) is 1.42. The third kappa shape index (κ3) is 6.20. The first-order chi connectivity index (χ1) is 16.5. The van der Waals surface area contributed by atoms with Crippen LogP contribution in [0.1, 0.15) is 39.3 Å². The maximum atomic E-state index is 13.2. The molecular weight excluding hydrogens is 493 g/mol. The highest BCUT2D eigenvalue weighted by molar-refractivity contribution is 6.35. The number of nitrogens with one attached hydrogen (secondary N) is 2. The molecule has 35 heavy (non-hydrogen) atoms. The van der Waals surface area contributed by atoms with Crippen molar-refractivity contribution in [2.45, 2.75) is 45.8 Å². The minimum Gasteiger partial charge on any atom is -0.463 e. The van der Waals surface area contributed by atoms with E-state index in [-0.39, 0.29) is 30.8 Å². The van der Waals surface area contributed by atoms with Gasteiger partial charge in [-0.05, 0) is 45.4 Å². The Bertz CT molecular complexity index is 1020. The van der Waals surface area contributed by atoms with Crippen LogP contribution in [0.3, 0.4) is 0 Å². The van der Waals surface area contributed by atoms with E-state index in [0.29, 0.717) is 53.1 Å². The van der Waals surface area contributed by atoms with Crippen molar-refractivity contribution in [1.29, 1.82) is 0 Å². The molecule has 2 aliphatic heterocycles. The van der Waals surface area contributed by atoms with Crippen LogP contribution in [0.2, 0.25) is 10.0 Å². The van der Waals surface area contributed by atoms with Gasteiger partial charge in [-0.3, -0.25) is 9.80 Å². The van der Waals surface area contributed by atoms with Crippen molar-refractivity contribution in [3.63, 3.8) is 0 Å². The summed E-state index contributed by atoms with van der Waals surface area (Å²) in [4.78, 5) is 44.0. The molecule has 0 spiro atoms. The first kappa shape index (κ1) is 27.1. The number of urea groups is 2. The van der Waals surface area contributed by atoms with E-state index in [0.717, 1.165) is 0 Å². The molecule has 9 nitrogen and oxygen atoms in total. The van der Waals surface area contributed by atoms with Crippen molar-refractivity contribution >= 4 is 41.2 Å². The summed E-state index contributed by atoms with van der Waals surface area (Å²) in [5, 5.41) is 6.60. The minimum atomic E-state index is -0.784. The van der Waals surface area contributed by atoms with Gasteiger partial charge in [-0.15, -0.1) is 0 Å². The summed E-state index contributed by atoms with van der Waals surface area (Å²) in [6.45, 7) is 9.81. The fourth-order valence-corrected chi connectivity index (χ4v) is 4.90. The Morgan fingerprint density at radius 1 is 1.26 bits per heavy atom. The molecule has 0 saturated carbocycles. The van der Waals surface area contributed by atoms with Crippen LogP contribution in [0.25, 0.3) is 0 Å². The van der Waals surface area contributed by atoms with E-state index in [1.54, 1.807) is 32.2 Å². The fraction of sp³-hybridized carbons (Fsp3) is 0.542. The number of halogens is 2. The number of carbonyl (C=O) groups excluding carboxylic acids is 3. The predicted octanol–water partition coefficient (Wildman–Crippen LogP) is 3.63. The number of amides is 4. The van der Waals surface area contributed by atoms with Crippen LogP contribution in [-0.2, 0) is 9.53 Å². The van der Waals surface area contributed by atoms with Crippen LogP contribution >= 0.6 is 23.2 Å². The van der Waals surface area contributed by atoms with Gasteiger partial charge in [-0.2, -0.15) is 0 Å². The molecule has 0 bridgehead atoms.